The van der Waals surface area contributed by atoms with E-state index in [1.54, 1.807) is 5.57 Å². The molecular weight excluding hydrogens is 240 g/mol. The summed E-state index contributed by atoms with van der Waals surface area (Å²) in [4.78, 5) is 0. The van der Waals surface area contributed by atoms with Gasteiger partial charge in [-0.1, -0.05) is 96.6 Å². The van der Waals surface area contributed by atoms with Gasteiger partial charge in [-0.2, -0.15) is 0 Å². The summed E-state index contributed by atoms with van der Waals surface area (Å²) < 4.78 is 0. The van der Waals surface area contributed by atoms with E-state index in [4.69, 9.17) is 0 Å². The van der Waals surface area contributed by atoms with Crippen LogP contribution in [0.15, 0.2) is 11.6 Å². The molecule has 0 fully saturated rings. The smallest absolute Gasteiger partial charge is 0.0320 e. The molecule has 0 heterocycles. The predicted molar refractivity (Wildman–Crippen MR) is 94.4 cm³/mol. The van der Waals surface area contributed by atoms with E-state index >= 15 is 0 Å². The lowest BCUT2D eigenvalue weighted by molar-refractivity contribution is 0.598. The highest BCUT2D eigenvalue weighted by Crippen LogP contribution is 2.17. The Kier molecular flexibility index (Phi) is 16.6. The summed E-state index contributed by atoms with van der Waals surface area (Å²) in [6, 6.07) is 0. The van der Waals surface area contributed by atoms with E-state index in [0.717, 1.165) is 0 Å². The Morgan fingerprint density at radius 2 is 1.10 bits per heavy atom. The summed E-state index contributed by atoms with van der Waals surface area (Å²) in [5.41, 5.74) is 1.75. The molecule has 120 valence electrons. The third-order valence-corrected chi connectivity index (χ3v) is 4.16. The lowest BCUT2D eigenvalue weighted by Gasteiger charge is -2.07. The monoisotopic (exact) mass is 280 g/mol. The zero-order valence-corrected chi connectivity index (χ0v) is 14.7. The molecule has 0 aliphatic heterocycles. The average molecular weight is 281 g/mol. The van der Waals surface area contributed by atoms with Crippen LogP contribution in [0, 0.1) is 0 Å². The van der Waals surface area contributed by atoms with E-state index in [2.05, 4.69) is 26.8 Å². The van der Waals surface area contributed by atoms with Gasteiger partial charge in [-0.05, 0) is 32.1 Å². The van der Waals surface area contributed by atoms with E-state index in [0.29, 0.717) is 0 Å². The van der Waals surface area contributed by atoms with Gasteiger partial charge in [-0.3, -0.25) is 0 Å². The van der Waals surface area contributed by atoms with Crippen molar-refractivity contribution in [3.63, 3.8) is 0 Å². The Balaban J connectivity index is 3.62. The minimum Gasteiger partial charge on any atom is -0.0853 e. The van der Waals surface area contributed by atoms with Crippen molar-refractivity contribution in [3.05, 3.63) is 11.6 Å². The fourth-order valence-corrected chi connectivity index (χ4v) is 2.84. The van der Waals surface area contributed by atoms with Gasteiger partial charge in [0.1, 0.15) is 0 Å². The van der Waals surface area contributed by atoms with Crippen LogP contribution in [-0.4, -0.2) is 0 Å². The highest BCUT2D eigenvalue weighted by molar-refractivity contribution is 5.01. The van der Waals surface area contributed by atoms with Crippen molar-refractivity contribution in [1.82, 2.24) is 0 Å². The predicted octanol–water partition coefficient (Wildman–Crippen LogP) is 7.82. The third kappa shape index (κ3) is 14.2. The Bertz CT molecular complexity index is 202. The van der Waals surface area contributed by atoms with Crippen LogP contribution in [0.25, 0.3) is 0 Å². The van der Waals surface area contributed by atoms with E-state index in [-0.39, 0.29) is 0 Å². The van der Waals surface area contributed by atoms with Crippen LogP contribution in [-0.2, 0) is 0 Å². The van der Waals surface area contributed by atoms with Crippen LogP contribution in [0.2, 0.25) is 0 Å². The molecule has 0 spiro atoms. The summed E-state index contributed by atoms with van der Waals surface area (Å²) in [5, 5.41) is 0. The molecule has 0 aliphatic carbocycles. The standard InChI is InChI=1S/C20H40/c1-4-7-9-11-13-15-18-20(17-6-3)19-16-14-12-10-8-5-2/h18H,4-17,19H2,1-3H3. The van der Waals surface area contributed by atoms with E-state index in [9.17, 15) is 0 Å². The number of allylic oxidation sites excluding steroid dienone is 2. The molecule has 0 atom stereocenters. The molecule has 0 radical (unpaired) electrons. The minimum atomic E-state index is 1.32. The first-order chi connectivity index (χ1) is 9.85. The molecule has 0 aromatic rings. The van der Waals surface area contributed by atoms with Gasteiger partial charge in [-0.15, -0.1) is 0 Å². The van der Waals surface area contributed by atoms with E-state index in [1.165, 1.54) is 96.3 Å². The topological polar surface area (TPSA) is 0 Å². The first-order valence-electron chi connectivity index (χ1n) is 9.53. The maximum Gasteiger partial charge on any atom is -0.0320 e. The Hall–Kier alpha value is -0.260. The highest BCUT2D eigenvalue weighted by Gasteiger charge is 1.97. The summed E-state index contributed by atoms with van der Waals surface area (Å²) in [6.45, 7) is 6.90. The summed E-state index contributed by atoms with van der Waals surface area (Å²) in [6.07, 6.45) is 23.5. The second kappa shape index (κ2) is 16.8. The normalized spacial score (nSPS) is 12.1. The van der Waals surface area contributed by atoms with Gasteiger partial charge in [0, 0.05) is 0 Å². The van der Waals surface area contributed by atoms with E-state index in [1.807, 2.05) is 0 Å². The zero-order chi connectivity index (χ0) is 14.9. The fraction of sp³-hybridized carbons (Fsp3) is 0.900. The Morgan fingerprint density at radius 1 is 0.550 bits per heavy atom. The number of unbranched alkanes of at least 4 members (excludes halogenated alkanes) is 10. The summed E-state index contributed by atoms with van der Waals surface area (Å²) >= 11 is 0. The number of rotatable bonds is 15. The van der Waals surface area contributed by atoms with Crippen LogP contribution in [0.3, 0.4) is 0 Å². The molecule has 0 amide bonds. The summed E-state index contributed by atoms with van der Waals surface area (Å²) in [5.74, 6) is 0. The Morgan fingerprint density at radius 3 is 1.70 bits per heavy atom. The van der Waals surface area contributed by atoms with Crippen molar-refractivity contribution in [2.75, 3.05) is 0 Å². The molecule has 0 heteroatoms. The molecule has 0 saturated heterocycles. The van der Waals surface area contributed by atoms with Crippen molar-refractivity contribution in [3.8, 4) is 0 Å². The second-order valence-electron chi connectivity index (χ2n) is 6.33. The lowest BCUT2D eigenvalue weighted by atomic mass is 10.00. The molecule has 0 bridgehead atoms. The SMILES string of the molecule is CCCCCCCC=C(CCC)CCCCCCCC. The maximum atomic E-state index is 2.57. The van der Waals surface area contributed by atoms with Gasteiger partial charge in [0.25, 0.3) is 0 Å². The van der Waals surface area contributed by atoms with Crippen molar-refractivity contribution in [1.29, 1.82) is 0 Å². The minimum absolute atomic E-state index is 1.32. The number of hydrogen-bond acceptors (Lipinski definition) is 0. The third-order valence-electron chi connectivity index (χ3n) is 4.16. The second-order valence-corrected chi connectivity index (χ2v) is 6.33. The van der Waals surface area contributed by atoms with Crippen LogP contribution >= 0.6 is 0 Å². The molecule has 0 saturated carbocycles. The van der Waals surface area contributed by atoms with Gasteiger partial charge in [0.15, 0.2) is 0 Å². The maximum absolute atomic E-state index is 2.57. The summed E-state index contributed by atoms with van der Waals surface area (Å²) in [7, 11) is 0. The average Bonchev–Trinajstić information content (AvgIpc) is 2.46. The molecule has 0 N–H and O–H groups in total. The molecular formula is C20H40. The van der Waals surface area contributed by atoms with Crippen LogP contribution in [0.4, 0.5) is 0 Å². The van der Waals surface area contributed by atoms with Gasteiger partial charge in [-0.25, -0.2) is 0 Å². The molecule has 0 nitrogen and oxygen atoms in total. The van der Waals surface area contributed by atoms with Gasteiger partial charge < -0.3 is 0 Å². The molecule has 0 unspecified atom stereocenters. The molecule has 0 aromatic heterocycles. The molecule has 0 aromatic carbocycles. The largest absolute Gasteiger partial charge is 0.0853 e. The Labute approximate surface area is 129 Å². The van der Waals surface area contributed by atoms with Crippen LogP contribution in [0.5, 0.6) is 0 Å². The lowest BCUT2D eigenvalue weighted by Crippen LogP contribution is -1.87. The fourth-order valence-electron chi connectivity index (χ4n) is 2.84. The first-order valence-corrected chi connectivity index (χ1v) is 9.53. The number of hydrogen-bond donors (Lipinski definition) is 0. The van der Waals surface area contributed by atoms with Crippen LogP contribution in [0.1, 0.15) is 117 Å². The van der Waals surface area contributed by atoms with Crippen LogP contribution < -0.4 is 0 Å². The van der Waals surface area contributed by atoms with Gasteiger partial charge >= 0.3 is 0 Å². The zero-order valence-electron chi connectivity index (χ0n) is 14.7. The van der Waals surface area contributed by atoms with Gasteiger partial charge in [0.2, 0.25) is 0 Å². The molecule has 0 aliphatic rings. The highest BCUT2D eigenvalue weighted by atomic mass is 14.0. The van der Waals surface area contributed by atoms with Crippen molar-refractivity contribution < 1.29 is 0 Å². The van der Waals surface area contributed by atoms with Gasteiger partial charge in [0.05, 0.1) is 0 Å². The first kappa shape index (κ1) is 19.7. The van der Waals surface area contributed by atoms with Crippen molar-refractivity contribution in [2.45, 2.75) is 117 Å². The molecule has 0 rings (SSSR count). The van der Waals surface area contributed by atoms with Crippen molar-refractivity contribution >= 4 is 0 Å². The van der Waals surface area contributed by atoms with Crippen molar-refractivity contribution in [2.24, 2.45) is 0 Å². The molecule has 20 heavy (non-hydrogen) atoms. The van der Waals surface area contributed by atoms with E-state index < -0.39 is 0 Å². The quantitative estimate of drug-likeness (QED) is 0.212.